The van der Waals surface area contributed by atoms with Gasteiger partial charge in [0.25, 0.3) is 0 Å². The minimum Gasteiger partial charge on any atom is -0.508 e. The van der Waals surface area contributed by atoms with Gasteiger partial charge in [-0.15, -0.1) is 0 Å². The number of carbonyl (C=O) groups is 3. The average molecular weight is 615 g/mol. The molecule has 3 aromatic carbocycles. The lowest BCUT2D eigenvalue weighted by molar-refractivity contribution is -0.129. The number of amides is 2. The summed E-state index contributed by atoms with van der Waals surface area (Å²) in [5, 5.41) is 15.6. The molecule has 10 heteroatoms. The van der Waals surface area contributed by atoms with Crippen LogP contribution in [0.25, 0.3) is 0 Å². The Morgan fingerprint density at radius 3 is 2.07 bits per heavy atom. The van der Waals surface area contributed by atoms with Gasteiger partial charge in [-0.3, -0.25) is 14.4 Å². The number of anilines is 4. The molecule has 45 heavy (non-hydrogen) atoms. The number of nitrogen functional groups attached to an aromatic ring is 1. The Hall–Kier alpha value is -4.57. The van der Waals surface area contributed by atoms with Gasteiger partial charge in [0.15, 0.2) is 0 Å². The first kappa shape index (κ1) is 33.3. The van der Waals surface area contributed by atoms with Crippen LogP contribution in [-0.4, -0.2) is 79.5 Å². The predicted molar refractivity (Wildman–Crippen MR) is 181 cm³/mol. The van der Waals surface area contributed by atoms with Crippen LogP contribution in [-0.2, 0) is 14.4 Å². The Labute approximate surface area is 266 Å². The van der Waals surface area contributed by atoms with Crippen LogP contribution in [0.4, 0.5) is 22.7 Å². The van der Waals surface area contributed by atoms with Gasteiger partial charge in [-0.2, -0.15) is 0 Å². The molecule has 2 amide bonds. The molecule has 2 saturated heterocycles. The molecule has 0 bridgehead atoms. The summed E-state index contributed by atoms with van der Waals surface area (Å²) < 4.78 is 0. The number of benzene rings is 3. The van der Waals surface area contributed by atoms with Gasteiger partial charge in [0, 0.05) is 68.9 Å². The van der Waals surface area contributed by atoms with E-state index in [0.717, 1.165) is 61.6 Å². The van der Waals surface area contributed by atoms with E-state index in [0.29, 0.717) is 18.6 Å². The number of phenols is 1. The molecule has 0 saturated carbocycles. The van der Waals surface area contributed by atoms with Gasteiger partial charge >= 0.3 is 0 Å². The molecule has 240 valence electrons. The van der Waals surface area contributed by atoms with E-state index in [1.807, 2.05) is 67.4 Å². The minimum atomic E-state index is -0.313. The third kappa shape index (κ3) is 9.46. The second-order valence-electron chi connectivity index (χ2n) is 12.0. The normalized spacial score (nSPS) is 18.1. The van der Waals surface area contributed by atoms with Crippen LogP contribution in [0, 0.1) is 0 Å². The van der Waals surface area contributed by atoms with Crippen molar-refractivity contribution in [1.29, 1.82) is 0 Å². The van der Waals surface area contributed by atoms with Crippen LogP contribution in [0.15, 0.2) is 72.8 Å². The van der Waals surface area contributed by atoms with E-state index in [4.69, 9.17) is 5.73 Å². The molecule has 2 fully saturated rings. The van der Waals surface area contributed by atoms with Crippen LogP contribution < -0.4 is 26.2 Å². The van der Waals surface area contributed by atoms with Crippen molar-refractivity contribution in [2.75, 3.05) is 60.6 Å². The van der Waals surface area contributed by atoms with Crippen molar-refractivity contribution in [2.45, 2.75) is 51.6 Å². The summed E-state index contributed by atoms with van der Waals surface area (Å²) in [6, 6.07) is 23.1. The van der Waals surface area contributed by atoms with E-state index < -0.39 is 0 Å². The van der Waals surface area contributed by atoms with Crippen molar-refractivity contribution in [3.63, 3.8) is 0 Å². The summed E-state index contributed by atoms with van der Waals surface area (Å²) in [7, 11) is 1.87. The molecule has 10 nitrogen and oxygen atoms in total. The maximum atomic E-state index is 12.5. The number of Topliss-reactive ketones (excluding diaryl/α,β-unsaturated/α-hetero) is 1. The zero-order chi connectivity index (χ0) is 32.5. The molecule has 3 aromatic rings. The monoisotopic (exact) mass is 614 g/mol. The first-order valence-corrected chi connectivity index (χ1v) is 15.5. The van der Waals surface area contributed by atoms with E-state index in [9.17, 15) is 19.5 Å². The number of likely N-dealkylation sites (N-methyl/N-ethyl adjacent to an activating group) is 1. The van der Waals surface area contributed by atoms with Crippen molar-refractivity contribution in [1.82, 2.24) is 10.2 Å². The fourth-order valence-corrected chi connectivity index (χ4v) is 5.60. The molecule has 0 aliphatic carbocycles. The van der Waals surface area contributed by atoms with E-state index >= 15 is 0 Å². The molecular formula is C35H46N6O4. The van der Waals surface area contributed by atoms with Crippen molar-refractivity contribution in [3.05, 3.63) is 78.4 Å². The number of nitrogens with two attached hydrogens (primary N) is 1. The first-order valence-electron chi connectivity index (χ1n) is 15.5. The van der Waals surface area contributed by atoms with Gasteiger partial charge < -0.3 is 36.2 Å². The SMILES string of the molecule is CC(=O)CNC1CCN(c2ccc(NC(=O)C(C)c3ccc(O)cc3)cc2)C1.CC(=O)N(C)C1CCN(c2ccc(N)cc2)C1. The van der Waals surface area contributed by atoms with Gasteiger partial charge in [-0.1, -0.05) is 12.1 Å². The Morgan fingerprint density at radius 1 is 0.889 bits per heavy atom. The maximum Gasteiger partial charge on any atom is 0.231 e. The van der Waals surface area contributed by atoms with E-state index in [1.54, 1.807) is 38.1 Å². The first-order chi connectivity index (χ1) is 21.5. The summed E-state index contributed by atoms with van der Waals surface area (Å²) in [4.78, 5) is 41.3. The van der Waals surface area contributed by atoms with Gasteiger partial charge in [-0.05, 0) is 92.9 Å². The van der Waals surface area contributed by atoms with E-state index in [-0.39, 0.29) is 29.3 Å². The highest BCUT2D eigenvalue weighted by Gasteiger charge is 2.27. The second kappa shape index (κ2) is 15.4. The quantitative estimate of drug-likeness (QED) is 0.264. The van der Waals surface area contributed by atoms with Gasteiger partial charge in [-0.25, -0.2) is 0 Å². The Bertz CT molecular complexity index is 1430. The third-order valence-corrected chi connectivity index (χ3v) is 8.58. The number of aromatic hydroxyl groups is 1. The number of nitrogens with one attached hydrogen (secondary N) is 2. The van der Waals surface area contributed by atoms with Crippen LogP contribution >= 0.6 is 0 Å². The zero-order valence-corrected chi connectivity index (χ0v) is 26.7. The van der Waals surface area contributed by atoms with Crippen LogP contribution in [0.5, 0.6) is 5.75 Å². The molecule has 0 spiro atoms. The molecule has 0 radical (unpaired) electrons. The van der Waals surface area contributed by atoms with Crippen LogP contribution in [0.2, 0.25) is 0 Å². The third-order valence-electron chi connectivity index (χ3n) is 8.58. The molecule has 0 aromatic heterocycles. The predicted octanol–water partition coefficient (Wildman–Crippen LogP) is 4.22. The number of phenolic OH excluding ortho intramolecular Hbond substituents is 1. The Kier molecular flexibility index (Phi) is 11.4. The van der Waals surface area contributed by atoms with Gasteiger partial charge in [0.05, 0.1) is 18.5 Å². The summed E-state index contributed by atoms with van der Waals surface area (Å²) in [6.45, 7) is 9.18. The van der Waals surface area contributed by atoms with Crippen molar-refractivity contribution < 1.29 is 19.5 Å². The fourth-order valence-electron chi connectivity index (χ4n) is 5.60. The largest absolute Gasteiger partial charge is 0.508 e. The summed E-state index contributed by atoms with van der Waals surface area (Å²) in [5.41, 5.74) is 10.3. The second-order valence-corrected chi connectivity index (χ2v) is 12.0. The molecule has 2 aliphatic heterocycles. The van der Waals surface area contributed by atoms with Crippen LogP contribution in [0.1, 0.15) is 45.1 Å². The number of hydrogen-bond donors (Lipinski definition) is 4. The van der Waals surface area contributed by atoms with Gasteiger partial charge in [0.1, 0.15) is 11.5 Å². The number of carbonyl (C=O) groups excluding carboxylic acids is 3. The molecule has 2 heterocycles. The molecule has 3 unspecified atom stereocenters. The highest BCUT2D eigenvalue weighted by atomic mass is 16.3. The molecule has 3 atom stereocenters. The smallest absolute Gasteiger partial charge is 0.231 e. The summed E-state index contributed by atoms with van der Waals surface area (Å²) in [6.07, 6.45) is 2.04. The molecule has 5 N–H and O–H groups in total. The minimum absolute atomic E-state index is 0.0897. The van der Waals surface area contributed by atoms with E-state index in [1.165, 1.54) is 5.69 Å². The fraction of sp³-hybridized carbons (Fsp3) is 0.400. The summed E-state index contributed by atoms with van der Waals surface area (Å²) >= 11 is 0. The van der Waals surface area contributed by atoms with Crippen molar-refractivity contribution in [3.8, 4) is 5.75 Å². The van der Waals surface area contributed by atoms with E-state index in [2.05, 4.69) is 20.4 Å². The Morgan fingerprint density at radius 2 is 1.47 bits per heavy atom. The Balaban J connectivity index is 0.000000231. The zero-order valence-electron chi connectivity index (χ0n) is 26.7. The molecule has 5 rings (SSSR count). The number of rotatable bonds is 9. The summed E-state index contributed by atoms with van der Waals surface area (Å²) in [5.74, 6) is 0.0712. The molecule has 2 aliphatic rings. The highest BCUT2D eigenvalue weighted by Crippen LogP contribution is 2.25. The lowest BCUT2D eigenvalue weighted by atomic mass is 10.0. The van der Waals surface area contributed by atoms with Crippen molar-refractivity contribution >= 4 is 40.3 Å². The van der Waals surface area contributed by atoms with Gasteiger partial charge in [0.2, 0.25) is 11.8 Å². The maximum absolute atomic E-state index is 12.5. The number of nitrogens with zero attached hydrogens (tertiary/aromatic N) is 3. The topological polar surface area (TPSA) is 131 Å². The molecular weight excluding hydrogens is 568 g/mol. The standard InChI is InChI=1S/C22H27N3O3.C13H19N3O/c1-15(26)13-23-19-11-12-25(14-19)20-7-5-18(6-8-20)24-22(28)16(2)17-3-9-21(27)10-4-17;1-10(17)15(2)13-7-8-16(9-13)12-5-3-11(14)4-6-12/h3-10,16,19,23,27H,11-14H2,1-2H3,(H,24,28);3-6,13H,7-9,14H2,1-2H3. The van der Waals surface area contributed by atoms with Crippen molar-refractivity contribution in [2.24, 2.45) is 0 Å². The average Bonchev–Trinajstić information content (AvgIpc) is 3.71. The number of ketones is 1. The number of hydrogen-bond acceptors (Lipinski definition) is 8. The van der Waals surface area contributed by atoms with Crippen LogP contribution in [0.3, 0.4) is 0 Å². The lowest BCUT2D eigenvalue weighted by Crippen LogP contribution is -2.37. The lowest BCUT2D eigenvalue weighted by Gasteiger charge is -2.24. The highest BCUT2D eigenvalue weighted by molar-refractivity contribution is 5.95.